The summed E-state index contributed by atoms with van der Waals surface area (Å²) in [6.45, 7) is 0. The van der Waals surface area contributed by atoms with E-state index in [4.69, 9.17) is 11.6 Å². The van der Waals surface area contributed by atoms with Gasteiger partial charge in [0.05, 0.1) is 0 Å². The molecule has 86 valence electrons. The van der Waals surface area contributed by atoms with Gasteiger partial charge in [0.15, 0.2) is 0 Å². The molecule has 0 fully saturated rings. The Morgan fingerprint density at radius 3 is 2.24 bits per heavy atom. The van der Waals surface area contributed by atoms with Crippen molar-refractivity contribution in [3.05, 3.63) is 58.6 Å². The fourth-order valence-corrected chi connectivity index (χ4v) is 1.77. The van der Waals surface area contributed by atoms with Crippen LogP contribution in [0.2, 0.25) is 5.02 Å². The van der Waals surface area contributed by atoms with Gasteiger partial charge in [-0.3, -0.25) is 4.79 Å². The molecule has 17 heavy (non-hydrogen) atoms. The molecule has 0 aromatic heterocycles. The Balaban J connectivity index is 2.62. The Morgan fingerprint density at radius 2 is 1.65 bits per heavy atom. The number of aldehydes is 1. The number of halogens is 3. The zero-order chi connectivity index (χ0) is 12.4. The summed E-state index contributed by atoms with van der Waals surface area (Å²) in [5.41, 5.74) is 1.12. The lowest BCUT2D eigenvalue weighted by atomic mass is 10.0. The van der Waals surface area contributed by atoms with E-state index >= 15 is 0 Å². The molecule has 0 saturated carbocycles. The van der Waals surface area contributed by atoms with Crippen LogP contribution in [0.15, 0.2) is 36.4 Å². The highest BCUT2D eigenvalue weighted by molar-refractivity contribution is 6.33. The van der Waals surface area contributed by atoms with Crippen LogP contribution in [0.1, 0.15) is 10.4 Å². The van der Waals surface area contributed by atoms with E-state index < -0.39 is 11.6 Å². The van der Waals surface area contributed by atoms with E-state index in [0.717, 1.165) is 6.07 Å². The lowest BCUT2D eigenvalue weighted by Crippen LogP contribution is -1.87. The van der Waals surface area contributed by atoms with Crippen LogP contribution in [-0.4, -0.2) is 6.29 Å². The van der Waals surface area contributed by atoms with Gasteiger partial charge in [-0.1, -0.05) is 17.7 Å². The van der Waals surface area contributed by atoms with E-state index in [1.807, 2.05) is 0 Å². The molecule has 0 amide bonds. The first-order valence-electron chi connectivity index (χ1n) is 4.81. The predicted octanol–water partition coefficient (Wildman–Crippen LogP) is 4.10. The highest BCUT2D eigenvalue weighted by atomic mass is 35.5. The molecule has 2 aromatic rings. The summed E-state index contributed by atoms with van der Waals surface area (Å²) in [7, 11) is 0. The van der Waals surface area contributed by atoms with Crippen molar-refractivity contribution in [3.63, 3.8) is 0 Å². The third-order valence-corrected chi connectivity index (χ3v) is 2.63. The smallest absolute Gasteiger partial charge is 0.150 e. The summed E-state index contributed by atoms with van der Waals surface area (Å²) in [4.78, 5) is 10.6. The van der Waals surface area contributed by atoms with Crippen molar-refractivity contribution in [3.8, 4) is 11.1 Å². The van der Waals surface area contributed by atoms with Gasteiger partial charge in [-0.05, 0) is 29.8 Å². The van der Waals surface area contributed by atoms with Crippen molar-refractivity contribution in [1.82, 2.24) is 0 Å². The number of carbonyl (C=O) groups is 1. The molecule has 0 radical (unpaired) electrons. The van der Waals surface area contributed by atoms with Crippen LogP contribution in [0.3, 0.4) is 0 Å². The van der Waals surface area contributed by atoms with Crippen LogP contribution in [0, 0.1) is 11.6 Å². The summed E-state index contributed by atoms with van der Waals surface area (Å²) in [6.07, 6.45) is 0.648. The first-order chi connectivity index (χ1) is 8.10. The van der Waals surface area contributed by atoms with E-state index in [1.54, 1.807) is 0 Å². The molecule has 4 heteroatoms. The van der Waals surface area contributed by atoms with Crippen LogP contribution in [0.25, 0.3) is 11.1 Å². The van der Waals surface area contributed by atoms with Crippen LogP contribution in [-0.2, 0) is 0 Å². The van der Waals surface area contributed by atoms with Crippen molar-refractivity contribution >= 4 is 17.9 Å². The summed E-state index contributed by atoms with van der Waals surface area (Å²) in [6, 6.07) is 7.65. The molecule has 0 spiro atoms. The fourth-order valence-electron chi connectivity index (χ4n) is 1.55. The Kier molecular flexibility index (Phi) is 3.20. The van der Waals surface area contributed by atoms with E-state index in [2.05, 4.69) is 0 Å². The van der Waals surface area contributed by atoms with Gasteiger partial charge in [0.1, 0.15) is 17.9 Å². The zero-order valence-electron chi connectivity index (χ0n) is 8.58. The molecule has 0 aliphatic carbocycles. The van der Waals surface area contributed by atoms with Crippen molar-refractivity contribution in [2.24, 2.45) is 0 Å². The number of carbonyl (C=O) groups excluding carboxylic acids is 1. The second-order valence-electron chi connectivity index (χ2n) is 3.52. The van der Waals surface area contributed by atoms with Gasteiger partial charge in [0.25, 0.3) is 0 Å². The Labute approximate surface area is 102 Å². The molecular formula is C13H7ClF2O. The highest BCUT2D eigenvalue weighted by Gasteiger charge is 2.08. The molecule has 2 rings (SSSR count). The van der Waals surface area contributed by atoms with Gasteiger partial charge in [0.2, 0.25) is 0 Å². The fraction of sp³-hybridized carbons (Fsp3) is 0. The second kappa shape index (κ2) is 4.63. The highest BCUT2D eigenvalue weighted by Crippen LogP contribution is 2.29. The first-order valence-corrected chi connectivity index (χ1v) is 5.19. The maximum absolute atomic E-state index is 13.1. The topological polar surface area (TPSA) is 17.1 Å². The maximum atomic E-state index is 13.1. The van der Waals surface area contributed by atoms with Gasteiger partial charge in [-0.15, -0.1) is 0 Å². The average molecular weight is 253 g/mol. The minimum atomic E-state index is -0.687. The summed E-state index contributed by atoms with van der Waals surface area (Å²) in [5.74, 6) is -1.37. The van der Waals surface area contributed by atoms with Gasteiger partial charge in [-0.2, -0.15) is 0 Å². The van der Waals surface area contributed by atoms with Crippen LogP contribution in [0.4, 0.5) is 8.78 Å². The molecule has 0 heterocycles. The SMILES string of the molecule is O=Cc1ccc(Cl)c(-c2cc(F)cc(F)c2)c1. The van der Waals surface area contributed by atoms with E-state index in [0.29, 0.717) is 28.0 Å². The molecule has 0 bridgehead atoms. The zero-order valence-corrected chi connectivity index (χ0v) is 9.34. The normalized spacial score (nSPS) is 10.3. The van der Waals surface area contributed by atoms with Crippen molar-refractivity contribution < 1.29 is 13.6 Å². The summed E-state index contributed by atoms with van der Waals surface area (Å²) in [5, 5.41) is 0.334. The van der Waals surface area contributed by atoms with Crippen molar-refractivity contribution in [2.75, 3.05) is 0 Å². The minimum absolute atomic E-state index is 0.302. The lowest BCUT2D eigenvalue weighted by Gasteiger charge is -2.06. The molecule has 0 N–H and O–H groups in total. The maximum Gasteiger partial charge on any atom is 0.150 e. The second-order valence-corrected chi connectivity index (χ2v) is 3.92. The van der Waals surface area contributed by atoms with Crippen LogP contribution in [0.5, 0.6) is 0 Å². The third-order valence-electron chi connectivity index (χ3n) is 2.30. The summed E-state index contributed by atoms with van der Waals surface area (Å²) < 4.78 is 26.2. The van der Waals surface area contributed by atoms with Gasteiger partial charge in [-0.25, -0.2) is 8.78 Å². The molecule has 0 aliphatic rings. The number of hydrogen-bond donors (Lipinski definition) is 0. The molecule has 2 aromatic carbocycles. The molecule has 1 nitrogen and oxygen atoms in total. The predicted molar refractivity (Wildman–Crippen MR) is 62.2 cm³/mol. The first kappa shape index (κ1) is 11.7. The Morgan fingerprint density at radius 1 is 1.00 bits per heavy atom. The van der Waals surface area contributed by atoms with Crippen LogP contribution < -0.4 is 0 Å². The Bertz CT molecular complexity index is 561. The van der Waals surface area contributed by atoms with Crippen molar-refractivity contribution in [2.45, 2.75) is 0 Å². The van der Waals surface area contributed by atoms with E-state index in [-0.39, 0.29) is 0 Å². The molecule has 0 atom stereocenters. The molecule has 0 saturated heterocycles. The molecule has 0 aliphatic heterocycles. The largest absolute Gasteiger partial charge is 0.298 e. The number of benzene rings is 2. The number of rotatable bonds is 2. The molecular weight excluding hydrogens is 246 g/mol. The van der Waals surface area contributed by atoms with Gasteiger partial charge < -0.3 is 0 Å². The monoisotopic (exact) mass is 252 g/mol. The van der Waals surface area contributed by atoms with Crippen molar-refractivity contribution in [1.29, 1.82) is 0 Å². The lowest BCUT2D eigenvalue weighted by molar-refractivity contribution is 0.112. The molecule has 0 unspecified atom stereocenters. The van der Waals surface area contributed by atoms with Crippen LogP contribution >= 0.6 is 11.6 Å². The third kappa shape index (κ3) is 2.50. The minimum Gasteiger partial charge on any atom is -0.298 e. The quantitative estimate of drug-likeness (QED) is 0.736. The average Bonchev–Trinajstić information content (AvgIpc) is 2.28. The summed E-state index contributed by atoms with van der Waals surface area (Å²) >= 11 is 5.93. The van der Waals surface area contributed by atoms with E-state index in [1.165, 1.54) is 30.3 Å². The Hall–Kier alpha value is -1.74. The number of hydrogen-bond acceptors (Lipinski definition) is 1. The van der Waals surface area contributed by atoms with Gasteiger partial charge >= 0.3 is 0 Å². The standard InChI is InChI=1S/C13H7ClF2O/c14-13-2-1-8(7-17)3-12(13)9-4-10(15)6-11(16)5-9/h1-7H. The van der Waals surface area contributed by atoms with Gasteiger partial charge in [0, 0.05) is 22.2 Å². The van der Waals surface area contributed by atoms with E-state index in [9.17, 15) is 13.6 Å².